The standard InChI is InChI=1S/C12H12ClN3OS/c1-7-6-18-11(16-7)5-15-12(17)9-3-2-8(13)4-10(9)14/h2-4,6H,5,14H2,1H3,(H,15,17). The van der Waals surface area contributed by atoms with Gasteiger partial charge in [-0.05, 0) is 25.1 Å². The van der Waals surface area contributed by atoms with Crippen molar-refractivity contribution in [3.8, 4) is 0 Å². The van der Waals surface area contributed by atoms with Crippen LogP contribution >= 0.6 is 22.9 Å². The summed E-state index contributed by atoms with van der Waals surface area (Å²) in [7, 11) is 0. The van der Waals surface area contributed by atoms with E-state index in [1.807, 2.05) is 12.3 Å². The van der Waals surface area contributed by atoms with Crippen molar-refractivity contribution in [3.63, 3.8) is 0 Å². The molecule has 0 saturated carbocycles. The number of hydrogen-bond acceptors (Lipinski definition) is 4. The number of benzene rings is 1. The van der Waals surface area contributed by atoms with Gasteiger partial charge < -0.3 is 11.1 Å². The van der Waals surface area contributed by atoms with Crippen molar-refractivity contribution in [1.82, 2.24) is 10.3 Å². The van der Waals surface area contributed by atoms with Crippen LogP contribution in [0.15, 0.2) is 23.6 Å². The smallest absolute Gasteiger partial charge is 0.253 e. The van der Waals surface area contributed by atoms with Gasteiger partial charge in [-0.3, -0.25) is 4.79 Å². The molecule has 0 aliphatic heterocycles. The number of aryl methyl sites for hydroxylation is 1. The second kappa shape index (κ2) is 5.37. The van der Waals surface area contributed by atoms with Gasteiger partial charge in [0.1, 0.15) is 5.01 Å². The average molecular weight is 282 g/mol. The highest BCUT2D eigenvalue weighted by atomic mass is 35.5. The first kappa shape index (κ1) is 12.9. The Morgan fingerprint density at radius 3 is 2.94 bits per heavy atom. The minimum atomic E-state index is -0.225. The second-order valence-corrected chi connectivity index (χ2v) is 5.18. The van der Waals surface area contributed by atoms with Crippen LogP contribution in [-0.2, 0) is 6.54 Å². The predicted molar refractivity (Wildman–Crippen MR) is 73.9 cm³/mol. The number of hydrogen-bond donors (Lipinski definition) is 2. The Kier molecular flexibility index (Phi) is 3.84. The second-order valence-electron chi connectivity index (χ2n) is 3.80. The summed E-state index contributed by atoms with van der Waals surface area (Å²) < 4.78 is 0. The topological polar surface area (TPSA) is 68.0 Å². The van der Waals surface area contributed by atoms with E-state index in [2.05, 4.69) is 10.3 Å². The number of nitrogen functional groups attached to an aromatic ring is 1. The number of nitrogens with two attached hydrogens (primary N) is 1. The van der Waals surface area contributed by atoms with E-state index in [1.165, 1.54) is 11.3 Å². The fourth-order valence-corrected chi connectivity index (χ4v) is 2.37. The van der Waals surface area contributed by atoms with Crippen molar-refractivity contribution in [2.45, 2.75) is 13.5 Å². The van der Waals surface area contributed by atoms with E-state index in [4.69, 9.17) is 17.3 Å². The van der Waals surface area contributed by atoms with Gasteiger partial charge in [0.25, 0.3) is 5.91 Å². The Balaban J connectivity index is 2.03. The molecule has 18 heavy (non-hydrogen) atoms. The molecule has 1 aromatic carbocycles. The van der Waals surface area contributed by atoms with E-state index in [9.17, 15) is 4.79 Å². The number of aromatic nitrogens is 1. The molecule has 0 saturated heterocycles. The van der Waals surface area contributed by atoms with Gasteiger partial charge in [-0.15, -0.1) is 11.3 Å². The molecule has 1 aromatic heterocycles. The molecule has 0 bridgehead atoms. The SMILES string of the molecule is Cc1csc(CNC(=O)c2ccc(Cl)cc2N)n1. The summed E-state index contributed by atoms with van der Waals surface area (Å²) >= 11 is 7.29. The van der Waals surface area contributed by atoms with E-state index in [0.717, 1.165) is 10.7 Å². The lowest BCUT2D eigenvalue weighted by atomic mass is 10.1. The van der Waals surface area contributed by atoms with E-state index in [1.54, 1.807) is 18.2 Å². The minimum Gasteiger partial charge on any atom is -0.398 e. The summed E-state index contributed by atoms with van der Waals surface area (Å²) in [5.74, 6) is -0.225. The highest BCUT2D eigenvalue weighted by molar-refractivity contribution is 7.09. The lowest BCUT2D eigenvalue weighted by Crippen LogP contribution is -2.23. The molecule has 2 aromatic rings. The van der Waals surface area contributed by atoms with Crippen molar-refractivity contribution in [1.29, 1.82) is 0 Å². The Morgan fingerprint density at radius 2 is 2.33 bits per heavy atom. The molecule has 2 rings (SSSR count). The predicted octanol–water partition coefficient (Wildman–Crippen LogP) is 2.62. The van der Waals surface area contributed by atoms with Gasteiger partial charge in [-0.1, -0.05) is 11.6 Å². The number of rotatable bonds is 3. The van der Waals surface area contributed by atoms with Gasteiger partial charge in [-0.2, -0.15) is 0 Å². The molecule has 94 valence electrons. The van der Waals surface area contributed by atoms with Crippen LogP contribution in [0.5, 0.6) is 0 Å². The zero-order valence-corrected chi connectivity index (χ0v) is 11.3. The number of anilines is 1. The maximum atomic E-state index is 11.9. The van der Waals surface area contributed by atoms with Crippen LogP contribution in [0, 0.1) is 6.92 Å². The van der Waals surface area contributed by atoms with E-state index >= 15 is 0 Å². The third kappa shape index (κ3) is 3.00. The van der Waals surface area contributed by atoms with Gasteiger partial charge >= 0.3 is 0 Å². The summed E-state index contributed by atoms with van der Waals surface area (Å²) in [4.78, 5) is 16.2. The van der Waals surface area contributed by atoms with Gasteiger partial charge in [0.05, 0.1) is 12.1 Å². The Labute approximate surface area is 114 Å². The van der Waals surface area contributed by atoms with E-state index in [-0.39, 0.29) is 5.91 Å². The van der Waals surface area contributed by atoms with Gasteiger partial charge in [0.15, 0.2) is 0 Å². The molecule has 1 amide bonds. The van der Waals surface area contributed by atoms with Gasteiger partial charge in [0, 0.05) is 21.8 Å². The van der Waals surface area contributed by atoms with Crippen molar-refractivity contribution in [3.05, 3.63) is 44.9 Å². The maximum absolute atomic E-state index is 11.9. The van der Waals surface area contributed by atoms with Crippen LogP contribution < -0.4 is 11.1 Å². The molecular weight excluding hydrogens is 270 g/mol. The zero-order valence-electron chi connectivity index (χ0n) is 9.74. The highest BCUT2D eigenvalue weighted by Gasteiger charge is 2.10. The Bertz CT molecular complexity index is 582. The number of thiazole rings is 1. The fourth-order valence-electron chi connectivity index (χ4n) is 1.48. The third-order valence-electron chi connectivity index (χ3n) is 2.32. The number of halogens is 1. The highest BCUT2D eigenvalue weighted by Crippen LogP contribution is 2.18. The molecule has 4 nitrogen and oxygen atoms in total. The molecule has 0 atom stereocenters. The Hall–Kier alpha value is -1.59. The van der Waals surface area contributed by atoms with Crippen LogP contribution in [0.2, 0.25) is 5.02 Å². The van der Waals surface area contributed by atoms with Crippen LogP contribution in [0.3, 0.4) is 0 Å². The van der Waals surface area contributed by atoms with Crippen molar-refractivity contribution >= 4 is 34.5 Å². The quantitative estimate of drug-likeness (QED) is 0.850. The van der Waals surface area contributed by atoms with Crippen molar-refractivity contribution in [2.24, 2.45) is 0 Å². The summed E-state index contributed by atoms with van der Waals surface area (Å²) in [6.07, 6.45) is 0. The lowest BCUT2D eigenvalue weighted by molar-refractivity contribution is 0.0952. The summed E-state index contributed by atoms with van der Waals surface area (Å²) in [5.41, 5.74) is 7.49. The first-order chi connectivity index (χ1) is 8.56. The normalized spacial score (nSPS) is 10.3. The molecule has 0 unspecified atom stereocenters. The average Bonchev–Trinajstić information content (AvgIpc) is 2.72. The van der Waals surface area contributed by atoms with Crippen molar-refractivity contribution in [2.75, 3.05) is 5.73 Å². The molecule has 3 N–H and O–H groups in total. The largest absolute Gasteiger partial charge is 0.398 e. The Morgan fingerprint density at radius 1 is 1.56 bits per heavy atom. The third-order valence-corrected chi connectivity index (χ3v) is 3.53. The maximum Gasteiger partial charge on any atom is 0.253 e. The van der Waals surface area contributed by atoms with Crippen LogP contribution in [-0.4, -0.2) is 10.9 Å². The molecule has 1 heterocycles. The summed E-state index contributed by atoms with van der Waals surface area (Å²) in [5, 5.41) is 6.10. The minimum absolute atomic E-state index is 0.225. The monoisotopic (exact) mass is 281 g/mol. The summed E-state index contributed by atoms with van der Waals surface area (Å²) in [6.45, 7) is 2.32. The number of carbonyl (C=O) groups excluding carboxylic acids is 1. The van der Waals surface area contributed by atoms with Crippen LogP contribution in [0.1, 0.15) is 21.1 Å². The number of nitrogens with zero attached hydrogens (tertiary/aromatic N) is 1. The molecule has 0 aliphatic carbocycles. The van der Waals surface area contributed by atoms with Crippen molar-refractivity contribution < 1.29 is 4.79 Å². The summed E-state index contributed by atoms with van der Waals surface area (Å²) in [6, 6.07) is 4.81. The van der Waals surface area contributed by atoms with Gasteiger partial charge in [0.2, 0.25) is 0 Å². The first-order valence-corrected chi connectivity index (χ1v) is 6.56. The van der Waals surface area contributed by atoms with Gasteiger partial charge in [-0.25, -0.2) is 4.98 Å². The molecule has 6 heteroatoms. The number of nitrogens with one attached hydrogen (secondary N) is 1. The number of carbonyl (C=O) groups is 1. The van der Waals surface area contributed by atoms with E-state index < -0.39 is 0 Å². The molecular formula is C12H12ClN3OS. The first-order valence-electron chi connectivity index (χ1n) is 5.30. The molecule has 0 aliphatic rings. The number of amides is 1. The lowest BCUT2D eigenvalue weighted by Gasteiger charge is -2.06. The molecule has 0 fully saturated rings. The van der Waals surface area contributed by atoms with Crippen LogP contribution in [0.25, 0.3) is 0 Å². The molecule has 0 radical (unpaired) electrons. The van der Waals surface area contributed by atoms with Crippen LogP contribution in [0.4, 0.5) is 5.69 Å². The zero-order chi connectivity index (χ0) is 13.1. The fraction of sp³-hybridized carbons (Fsp3) is 0.167. The van der Waals surface area contributed by atoms with E-state index in [0.29, 0.717) is 22.8 Å². The molecule has 0 spiro atoms.